The highest BCUT2D eigenvalue weighted by Crippen LogP contribution is 2.29. The van der Waals surface area contributed by atoms with Crippen LogP contribution in [-0.4, -0.2) is 68.5 Å². The zero-order valence-electron chi connectivity index (χ0n) is 12.2. The largest absolute Gasteiger partial charge is 0.382 e. The lowest BCUT2D eigenvalue weighted by molar-refractivity contribution is -0.121. The van der Waals surface area contributed by atoms with E-state index in [-0.39, 0.29) is 24.2 Å². The number of piperazine rings is 1. The molecule has 0 aliphatic carbocycles. The summed E-state index contributed by atoms with van der Waals surface area (Å²) in [4.78, 5) is 31.8. The molecule has 1 aliphatic rings. The first kappa shape index (κ1) is 15.5. The molecule has 2 heterocycles. The monoisotopic (exact) mass is 312 g/mol. The molecule has 1 fully saturated rings. The zero-order chi connectivity index (χ0) is 15.4. The maximum absolute atomic E-state index is 12.3. The first-order valence-electron chi connectivity index (χ1n) is 6.71. The molecule has 116 valence electrons. The lowest BCUT2D eigenvalue weighted by atomic mass is 10.4. The third-order valence-corrected chi connectivity index (χ3v) is 4.35. The number of nitrogens with zero attached hydrogens (tertiary/aromatic N) is 3. The van der Waals surface area contributed by atoms with Gasteiger partial charge in [0.05, 0.1) is 6.54 Å². The van der Waals surface area contributed by atoms with Crippen LogP contribution in [0.4, 0.5) is 10.9 Å². The number of carbonyl (C=O) groups is 2. The molecule has 2 amide bonds. The van der Waals surface area contributed by atoms with Gasteiger partial charge in [0.2, 0.25) is 5.91 Å². The Morgan fingerprint density at radius 3 is 2.76 bits per heavy atom. The van der Waals surface area contributed by atoms with Crippen LogP contribution >= 0.6 is 11.3 Å². The van der Waals surface area contributed by atoms with Crippen molar-refractivity contribution in [1.82, 2.24) is 20.5 Å². The van der Waals surface area contributed by atoms with Gasteiger partial charge >= 0.3 is 0 Å². The van der Waals surface area contributed by atoms with Crippen LogP contribution in [0, 0.1) is 0 Å². The van der Waals surface area contributed by atoms with Crippen molar-refractivity contribution in [3.63, 3.8) is 0 Å². The van der Waals surface area contributed by atoms with Gasteiger partial charge in [-0.15, -0.1) is 0 Å². The Morgan fingerprint density at radius 1 is 1.48 bits per heavy atom. The van der Waals surface area contributed by atoms with Crippen molar-refractivity contribution < 1.29 is 9.59 Å². The molecule has 1 saturated heterocycles. The molecule has 0 radical (unpaired) electrons. The Balaban J connectivity index is 2.10. The predicted molar refractivity (Wildman–Crippen MR) is 82.6 cm³/mol. The highest BCUT2D eigenvalue weighted by atomic mass is 32.1. The summed E-state index contributed by atoms with van der Waals surface area (Å²) >= 11 is 1.28. The number of hydrogen-bond donors (Lipinski definition) is 3. The van der Waals surface area contributed by atoms with Crippen LogP contribution in [0.2, 0.25) is 0 Å². The Morgan fingerprint density at radius 2 is 2.14 bits per heavy atom. The molecular weight excluding hydrogens is 292 g/mol. The van der Waals surface area contributed by atoms with Crippen molar-refractivity contribution in [1.29, 1.82) is 0 Å². The minimum absolute atomic E-state index is 0.00432. The summed E-state index contributed by atoms with van der Waals surface area (Å²) < 4.78 is 0. The lowest BCUT2D eigenvalue weighted by Gasteiger charge is -2.26. The summed E-state index contributed by atoms with van der Waals surface area (Å²) in [5.74, 6) is -0.284. The number of nitrogens with two attached hydrogens (primary N) is 1. The van der Waals surface area contributed by atoms with Gasteiger partial charge in [0, 0.05) is 40.3 Å². The van der Waals surface area contributed by atoms with Gasteiger partial charge in [-0.05, 0) is 0 Å². The van der Waals surface area contributed by atoms with Crippen molar-refractivity contribution in [2.75, 3.05) is 57.5 Å². The van der Waals surface area contributed by atoms with E-state index >= 15 is 0 Å². The third kappa shape index (κ3) is 3.61. The Hall–Kier alpha value is -1.87. The number of rotatable bonds is 4. The molecule has 0 bridgehead atoms. The van der Waals surface area contributed by atoms with Crippen molar-refractivity contribution in [2.24, 2.45) is 0 Å². The molecule has 0 spiro atoms. The number of aromatic nitrogens is 1. The summed E-state index contributed by atoms with van der Waals surface area (Å²) in [5.41, 5.74) is 5.86. The fourth-order valence-electron chi connectivity index (χ4n) is 2.00. The SMILES string of the molecule is CNC(=O)CN(C)C(=O)c1sc(N2CCNCC2)nc1N. The van der Waals surface area contributed by atoms with Crippen molar-refractivity contribution >= 4 is 34.1 Å². The van der Waals surface area contributed by atoms with Gasteiger partial charge in [-0.25, -0.2) is 4.98 Å². The Labute approximate surface area is 127 Å². The van der Waals surface area contributed by atoms with Gasteiger partial charge < -0.3 is 26.2 Å². The maximum atomic E-state index is 12.3. The molecule has 0 atom stereocenters. The van der Waals surface area contributed by atoms with Crippen molar-refractivity contribution in [2.45, 2.75) is 0 Å². The number of nitrogen functional groups attached to an aromatic ring is 1. The topological polar surface area (TPSA) is 104 Å². The summed E-state index contributed by atoms with van der Waals surface area (Å²) in [6, 6.07) is 0. The minimum Gasteiger partial charge on any atom is -0.382 e. The van der Waals surface area contributed by atoms with Gasteiger partial charge in [0.15, 0.2) is 5.13 Å². The highest BCUT2D eigenvalue weighted by molar-refractivity contribution is 7.18. The van der Waals surface area contributed by atoms with Crippen LogP contribution in [0.3, 0.4) is 0 Å². The first-order chi connectivity index (χ1) is 10.0. The number of amides is 2. The molecule has 1 aromatic rings. The molecule has 4 N–H and O–H groups in total. The van der Waals surface area contributed by atoms with Gasteiger partial charge in [-0.3, -0.25) is 9.59 Å². The molecule has 21 heavy (non-hydrogen) atoms. The van der Waals surface area contributed by atoms with Crippen LogP contribution in [-0.2, 0) is 4.79 Å². The number of thiazole rings is 1. The van der Waals surface area contributed by atoms with E-state index in [4.69, 9.17) is 5.73 Å². The summed E-state index contributed by atoms with van der Waals surface area (Å²) in [7, 11) is 3.10. The van der Waals surface area contributed by atoms with E-state index in [0.29, 0.717) is 4.88 Å². The molecule has 0 unspecified atom stereocenters. The van der Waals surface area contributed by atoms with Gasteiger partial charge in [-0.2, -0.15) is 0 Å². The number of likely N-dealkylation sites (N-methyl/N-ethyl adjacent to an activating group) is 2. The molecule has 0 aromatic carbocycles. The number of nitrogens with one attached hydrogen (secondary N) is 2. The van der Waals surface area contributed by atoms with Crippen molar-refractivity contribution in [3.05, 3.63) is 4.88 Å². The second-order valence-corrected chi connectivity index (χ2v) is 5.76. The Kier molecular flexibility index (Phi) is 4.97. The van der Waals surface area contributed by atoms with E-state index in [2.05, 4.69) is 20.5 Å². The normalized spacial score (nSPS) is 14.9. The molecule has 8 nitrogen and oxygen atoms in total. The van der Waals surface area contributed by atoms with Crippen LogP contribution < -0.4 is 21.3 Å². The van der Waals surface area contributed by atoms with E-state index in [9.17, 15) is 9.59 Å². The highest BCUT2D eigenvalue weighted by Gasteiger charge is 2.23. The molecule has 1 aromatic heterocycles. The third-order valence-electron chi connectivity index (χ3n) is 3.23. The average Bonchev–Trinajstić information content (AvgIpc) is 2.89. The second-order valence-electron chi connectivity index (χ2n) is 4.78. The first-order valence-corrected chi connectivity index (χ1v) is 7.52. The molecule has 9 heteroatoms. The zero-order valence-corrected chi connectivity index (χ0v) is 13.0. The van der Waals surface area contributed by atoms with Gasteiger partial charge in [-0.1, -0.05) is 11.3 Å². The van der Waals surface area contributed by atoms with Crippen LogP contribution in [0.5, 0.6) is 0 Å². The number of carbonyl (C=O) groups excluding carboxylic acids is 2. The quantitative estimate of drug-likeness (QED) is 0.656. The van der Waals surface area contributed by atoms with Crippen LogP contribution in [0.25, 0.3) is 0 Å². The minimum atomic E-state index is -0.282. The fraction of sp³-hybridized carbons (Fsp3) is 0.583. The van der Waals surface area contributed by atoms with E-state index < -0.39 is 0 Å². The smallest absolute Gasteiger partial charge is 0.268 e. The average molecular weight is 312 g/mol. The number of anilines is 2. The second kappa shape index (κ2) is 6.72. The van der Waals surface area contributed by atoms with E-state index in [1.165, 1.54) is 23.3 Å². The molecule has 2 rings (SSSR count). The Bertz CT molecular complexity index is 526. The van der Waals surface area contributed by atoms with Gasteiger partial charge in [0.1, 0.15) is 10.7 Å². The lowest BCUT2D eigenvalue weighted by Crippen LogP contribution is -2.43. The fourth-order valence-corrected chi connectivity index (χ4v) is 3.04. The molecular formula is C12H20N6O2S. The number of hydrogen-bond acceptors (Lipinski definition) is 7. The predicted octanol–water partition coefficient (Wildman–Crippen LogP) is -1.05. The van der Waals surface area contributed by atoms with Crippen molar-refractivity contribution in [3.8, 4) is 0 Å². The van der Waals surface area contributed by atoms with Crippen LogP contribution in [0.1, 0.15) is 9.67 Å². The van der Waals surface area contributed by atoms with Gasteiger partial charge in [0.25, 0.3) is 5.91 Å². The van der Waals surface area contributed by atoms with E-state index in [1.54, 1.807) is 7.05 Å². The summed E-state index contributed by atoms with van der Waals surface area (Å²) in [6.45, 7) is 3.46. The van der Waals surface area contributed by atoms with E-state index in [1.807, 2.05) is 0 Å². The molecule has 0 saturated carbocycles. The molecule has 1 aliphatic heterocycles. The van der Waals surface area contributed by atoms with E-state index in [0.717, 1.165) is 31.3 Å². The van der Waals surface area contributed by atoms with Crippen LogP contribution in [0.15, 0.2) is 0 Å². The standard InChI is InChI=1S/C12H20N6O2S/c1-14-8(19)7-17(2)11(20)9-10(13)16-12(21-9)18-5-3-15-4-6-18/h15H,3-7,13H2,1-2H3,(H,14,19). The maximum Gasteiger partial charge on any atom is 0.268 e. The summed E-state index contributed by atoms with van der Waals surface area (Å²) in [6.07, 6.45) is 0. The summed E-state index contributed by atoms with van der Waals surface area (Å²) in [5, 5.41) is 6.50.